The standard InChI is InChI=1S/C17H24N4O2S2/c1-18-16(19-7-4-9-24-17-20-8-10-25-17)21-12-13-5-6-14(22-2)11-15(13)23-3/h5-6,8,10-11H,4,7,9,12H2,1-3H3,(H2,18,19,21). The van der Waals surface area contributed by atoms with E-state index in [9.17, 15) is 0 Å². The third-order valence-electron chi connectivity index (χ3n) is 3.41. The van der Waals surface area contributed by atoms with E-state index in [1.807, 2.05) is 29.8 Å². The molecule has 1 aromatic heterocycles. The van der Waals surface area contributed by atoms with Gasteiger partial charge in [-0.1, -0.05) is 11.8 Å². The van der Waals surface area contributed by atoms with Crippen molar-refractivity contribution in [1.29, 1.82) is 0 Å². The predicted octanol–water partition coefficient (Wildman–Crippen LogP) is 3.01. The molecule has 2 aromatic rings. The molecule has 0 fully saturated rings. The van der Waals surface area contributed by atoms with E-state index in [4.69, 9.17) is 9.47 Å². The molecule has 136 valence electrons. The molecule has 8 heteroatoms. The number of aliphatic imine (C=N–C) groups is 1. The van der Waals surface area contributed by atoms with Crippen LogP contribution in [0.15, 0.2) is 39.1 Å². The number of aromatic nitrogens is 1. The molecule has 6 nitrogen and oxygen atoms in total. The van der Waals surface area contributed by atoms with Gasteiger partial charge in [-0.3, -0.25) is 4.99 Å². The molecular formula is C17H24N4O2S2. The number of guanidine groups is 1. The van der Waals surface area contributed by atoms with Crippen LogP contribution >= 0.6 is 23.1 Å². The highest BCUT2D eigenvalue weighted by Gasteiger charge is 2.06. The first-order chi connectivity index (χ1) is 12.3. The second kappa shape index (κ2) is 10.8. The fraction of sp³-hybridized carbons (Fsp3) is 0.412. The zero-order valence-corrected chi connectivity index (χ0v) is 16.4. The van der Waals surface area contributed by atoms with Crippen molar-refractivity contribution < 1.29 is 9.47 Å². The molecule has 0 unspecified atom stereocenters. The highest BCUT2D eigenvalue weighted by atomic mass is 32.2. The number of nitrogens with one attached hydrogen (secondary N) is 2. The van der Waals surface area contributed by atoms with Crippen molar-refractivity contribution in [2.24, 2.45) is 4.99 Å². The van der Waals surface area contributed by atoms with Crippen LogP contribution in [0.25, 0.3) is 0 Å². The van der Waals surface area contributed by atoms with E-state index in [0.29, 0.717) is 6.54 Å². The van der Waals surface area contributed by atoms with Crippen LogP contribution in [0.5, 0.6) is 11.5 Å². The Hall–Kier alpha value is -1.93. The minimum Gasteiger partial charge on any atom is -0.497 e. The Morgan fingerprint density at radius 1 is 1.28 bits per heavy atom. The van der Waals surface area contributed by atoms with Gasteiger partial charge in [-0.2, -0.15) is 0 Å². The summed E-state index contributed by atoms with van der Waals surface area (Å²) in [6.07, 6.45) is 2.88. The Kier molecular flexibility index (Phi) is 8.41. The number of hydrogen-bond acceptors (Lipinski definition) is 6. The van der Waals surface area contributed by atoms with Crippen LogP contribution in [0.1, 0.15) is 12.0 Å². The van der Waals surface area contributed by atoms with E-state index in [0.717, 1.165) is 46.1 Å². The van der Waals surface area contributed by atoms with Crippen molar-refractivity contribution in [3.05, 3.63) is 35.3 Å². The zero-order chi connectivity index (χ0) is 17.9. The minimum absolute atomic E-state index is 0.626. The average molecular weight is 381 g/mol. The predicted molar refractivity (Wildman–Crippen MR) is 105 cm³/mol. The fourth-order valence-corrected chi connectivity index (χ4v) is 3.76. The molecule has 0 saturated carbocycles. The van der Waals surface area contributed by atoms with E-state index in [2.05, 4.69) is 20.6 Å². The number of ether oxygens (including phenoxy) is 2. The summed E-state index contributed by atoms with van der Waals surface area (Å²) in [4.78, 5) is 8.51. The minimum atomic E-state index is 0.626. The van der Waals surface area contributed by atoms with Gasteiger partial charge < -0.3 is 20.1 Å². The Morgan fingerprint density at radius 3 is 2.84 bits per heavy atom. The van der Waals surface area contributed by atoms with E-state index in [1.54, 1.807) is 44.4 Å². The third-order valence-corrected chi connectivity index (χ3v) is 5.47. The molecule has 0 radical (unpaired) electrons. The SMILES string of the molecule is CN=C(NCCCSc1nccs1)NCc1ccc(OC)cc1OC. The third kappa shape index (κ3) is 6.47. The second-order valence-corrected chi connectivity index (χ2v) is 7.27. The van der Waals surface area contributed by atoms with Crippen molar-refractivity contribution >= 4 is 29.1 Å². The van der Waals surface area contributed by atoms with Crippen LogP contribution in [0.2, 0.25) is 0 Å². The quantitative estimate of drug-likeness (QED) is 0.302. The number of methoxy groups -OCH3 is 2. The number of benzene rings is 1. The monoisotopic (exact) mass is 380 g/mol. The molecule has 1 aromatic carbocycles. The first-order valence-electron chi connectivity index (χ1n) is 7.94. The molecule has 0 aliphatic carbocycles. The van der Waals surface area contributed by atoms with Crippen LogP contribution in [0.3, 0.4) is 0 Å². The number of thiazole rings is 1. The summed E-state index contributed by atoms with van der Waals surface area (Å²) >= 11 is 3.46. The Morgan fingerprint density at radius 2 is 2.16 bits per heavy atom. The van der Waals surface area contributed by atoms with Crippen molar-refractivity contribution in [3.8, 4) is 11.5 Å². The number of thioether (sulfide) groups is 1. The lowest BCUT2D eigenvalue weighted by atomic mass is 10.2. The lowest BCUT2D eigenvalue weighted by Gasteiger charge is -2.14. The molecule has 2 N–H and O–H groups in total. The second-order valence-electron chi connectivity index (χ2n) is 5.03. The summed E-state index contributed by atoms with van der Waals surface area (Å²) in [5.74, 6) is 3.38. The molecule has 0 atom stereocenters. The van der Waals surface area contributed by atoms with Gasteiger partial charge in [0.25, 0.3) is 0 Å². The molecule has 0 aliphatic heterocycles. The lowest BCUT2D eigenvalue weighted by Crippen LogP contribution is -2.37. The van der Waals surface area contributed by atoms with Crippen LogP contribution in [0, 0.1) is 0 Å². The van der Waals surface area contributed by atoms with Gasteiger partial charge in [0.15, 0.2) is 5.96 Å². The zero-order valence-electron chi connectivity index (χ0n) is 14.7. The van der Waals surface area contributed by atoms with Gasteiger partial charge in [-0.05, 0) is 18.6 Å². The van der Waals surface area contributed by atoms with E-state index in [-0.39, 0.29) is 0 Å². The summed E-state index contributed by atoms with van der Waals surface area (Å²) in [6, 6.07) is 5.79. The van der Waals surface area contributed by atoms with Gasteiger partial charge in [0.2, 0.25) is 0 Å². The maximum absolute atomic E-state index is 5.41. The number of rotatable bonds is 9. The maximum atomic E-state index is 5.41. The van der Waals surface area contributed by atoms with Crippen molar-refractivity contribution in [3.63, 3.8) is 0 Å². The van der Waals surface area contributed by atoms with Gasteiger partial charge in [0.05, 0.1) is 14.2 Å². The van der Waals surface area contributed by atoms with Crippen molar-refractivity contribution in [1.82, 2.24) is 15.6 Å². The molecule has 25 heavy (non-hydrogen) atoms. The number of hydrogen-bond donors (Lipinski definition) is 2. The number of nitrogens with zero attached hydrogens (tertiary/aromatic N) is 2. The highest BCUT2D eigenvalue weighted by molar-refractivity contribution is 8.00. The largest absolute Gasteiger partial charge is 0.497 e. The molecule has 2 rings (SSSR count). The summed E-state index contributed by atoms with van der Waals surface area (Å²) in [5.41, 5.74) is 1.05. The first kappa shape index (κ1) is 19.4. The average Bonchev–Trinajstić information content (AvgIpc) is 3.17. The van der Waals surface area contributed by atoms with Gasteiger partial charge in [-0.25, -0.2) is 4.98 Å². The van der Waals surface area contributed by atoms with Crippen LogP contribution < -0.4 is 20.1 Å². The van der Waals surface area contributed by atoms with Gasteiger partial charge >= 0.3 is 0 Å². The van der Waals surface area contributed by atoms with E-state index < -0.39 is 0 Å². The summed E-state index contributed by atoms with van der Waals surface area (Å²) in [6.45, 7) is 1.48. The normalized spacial score (nSPS) is 11.2. The molecular weight excluding hydrogens is 356 g/mol. The Balaban J connectivity index is 1.73. The van der Waals surface area contributed by atoms with Crippen molar-refractivity contribution in [2.45, 2.75) is 17.3 Å². The Labute approximate surface area is 157 Å². The first-order valence-corrected chi connectivity index (χ1v) is 9.81. The van der Waals surface area contributed by atoms with Crippen LogP contribution in [0.4, 0.5) is 0 Å². The smallest absolute Gasteiger partial charge is 0.191 e. The van der Waals surface area contributed by atoms with Crippen LogP contribution in [-0.2, 0) is 6.54 Å². The van der Waals surface area contributed by atoms with Crippen molar-refractivity contribution in [2.75, 3.05) is 33.6 Å². The van der Waals surface area contributed by atoms with Gasteiger partial charge in [0.1, 0.15) is 15.8 Å². The summed E-state index contributed by atoms with van der Waals surface area (Å²) in [5, 5.41) is 8.63. The highest BCUT2D eigenvalue weighted by Crippen LogP contribution is 2.24. The summed E-state index contributed by atoms with van der Waals surface area (Å²) in [7, 11) is 5.07. The van der Waals surface area contributed by atoms with Gasteiger partial charge in [0, 0.05) is 49.1 Å². The van der Waals surface area contributed by atoms with E-state index in [1.165, 1.54) is 0 Å². The molecule has 0 amide bonds. The maximum Gasteiger partial charge on any atom is 0.191 e. The molecule has 1 heterocycles. The van der Waals surface area contributed by atoms with Crippen LogP contribution in [-0.4, -0.2) is 44.5 Å². The van der Waals surface area contributed by atoms with Gasteiger partial charge in [-0.15, -0.1) is 11.3 Å². The molecule has 0 bridgehead atoms. The Bertz CT molecular complexity index is 663. The van der Waals surface area contributed by atoms with E-state index >= 15 is 0 Å². The molecule has 0 spiro atoms. The lowest BCUT2D eigenvalue weighted by molar-refractivity contribution is 0.390. The summed E-state index contributed by atoms with van der Waals surface area (Å²) < 4.78 is 11.8. The molecule has 0 saturated heterocycles. The fourth-order valence-electron chi connectivity index (χ4n) is 2.12. The molecule has 0 aliphatic rings. The topological polar surface area (TPSA) is 67.8 Å².